The van der Waals surface area contributed by atoms with E-state index in [0.29, 0.717) is 0 Å². The molecular formula is C17H14N2O. The zero-order chi connectivity index (χ0) is 14.3. The number of nitrogens with one attached hydrogen (secondary N) is 1. The van der Waals surface area contributed by atoms with Crippen LogP contribution in [0.15, 0.2) is 42.5 Å². The molecule has 1 heterocycles. The normalized spacial score (nSPS) is 20.1. The second kappa shape index (κ2) is 4.21. The van der Waals surface area contributed by atoms with E-state index in [-0.39, 0.29) is 5.91 Å². The van der Waals surface area contributed by atoms with Crippen LogP contribution in [-0.2, 0) is 10.2 Å². The van der Waals surface area contributed by atoms with Gasteiger partial charge in [-0.1, -0.05) is 42.0 Å². The van der Waals surface area contributed by atoms with Crippen LogP contribution in [0.3, 0.4) is 0 Å². The lowest BCUT2D eigenvalue weighted by atomic mass is 9.74. The summed E-state index contributed by atoms with van der Waals surface area (Å²) in [6, 6.07) is 15.5. The van der Waals surface area contributed by atoms with Gasteiger partial charge in [0.15, 0.2) is 5.41 Å². The molecule has 2 aromatic carbocycles. The minimum atomic E-state index is -1.24. The molecule has 3 nitrogen and oxygen atoms in total. The first-order valence-corrected chi connectivity index (χ1v) is 6.49. The summed E-state index contributed by atoms with van der Waals surface area (Å²) in [6.07, 6.45) is 0. The number of hydrogen-bond acceptors (Lipinski definition) is 2. The van der Waals surface area contributed by atoms with E-state index in [1.165, 1.54) is 0 Å². The van der Waals surface area contributed by atoms with Gasteiger partial charge in [-0.15, -0.1) is 0 Å². The zero-order valence-electron chi connectivity index (χ0n) is 11.4. The van der Waals surface area contributed by atoms with E-state index >= 15 is 0 Å². The highest BCUT2D eigenvalue weighted by molar-refractivity contribution is 6.11. The molecule has 1 aliphatic heterocycles. The number of benzene rings is 2. The van der Waals surface area contributed by atoms with Gasteiger partial charge in [0.2, 0.25) is 0 Å². The van der Waals surface area contributed by atoms with Crippen LogP contribution in [0, 0.1) is 25.2 Å². The van der Waals surface area contributed by atoms with Gasteiger partial charge >= 0.3 is 0 Å². The number of fused-ring (bicyclic) bond motifs is 1. The second-order valence-electron chi connectivity index (χ2n) is 5.18. The Kier molecular flexibility index (Phi) is 2.62. The SMILES string of the molecule is Cc1ccc([C@]2(C#N)C(=O)Nc3ccccc32)c(C)c1. The Labute approximate surface area is 117 Å². The summed E-state index contributed by atoms with van der Waals surface area (Å²) in [5.74, 6) is -0.270. The molecule has 0 fully saturated rings. The number of anilines is 1. The molecule has 1 N–H and O–H groups in total. The molecule has 3 heteroatoms. The third-order valence-corrected chi connectivity index (χ3v) is 3.87. The molecule has 0 spiro atoms. The molecule has 2 aromatic rings. The Bertz CT molecular complexity index is 758. The second-order valence-corrected chi connectivity index (χ2v) is 5.18. The molecule has 0 saturated carbocycles. The first-order valence-electron chi connectivity index (χ1n) is 6.49. The Balaban J connectivity index is 2.33. The Morgan fingerprint density at radius 2 is 1.85 bits per heavy atom. The standard InChI is InChI=1S/C17H14N2O/c1-11-7-8-13(12(2)9-11)17(10-18)14-5-3-4-6-15(14)19-16(17)20/h3-9H,1-2H3,(H,19,20)/t17-/m0/s1. The molecule has 0 saturated heterocycles. The minimum Gasteiger partial charge on any atom is -0.324 e. The van der Waals surface area contributed by atoms with Crippen LogP contribution in [0.25, 0.3) is 0 Å². The van der Waals surface area contributed by atoms with Crippen LogP contribution in [0.5, 0.6) is 0 Å². The first kappa shape index (κ1) is 12.4. The largest absolute Gasteiger partial charge is 0.324 e. The van der Waals surface area contributed by atoms with Gasteiger partial charge in [0.1, 0.15) is 0 Å². The van der Waals surface area contributed by atoms with Gasteiger partial charge in [0.25, 0.3) is 5.91 Å². The van der Waals surface area contributed by atoms with Gasteiger partial charge in [0, 0.05) is 11.3 Å². The zero-order valence-corrected chi connectivity index (χ0v) is 11.4. The van der Waals surface area contributed by atoms with Gasteiger partial charge in [-0.05, 0) is 31.0 Å². The lowest BCUT2D eigenvalue weighted by molar-refractivity contribution is -0.118. The molecule has 1 amide bonds. The van der Waals surface area contributed by atoms with Crippen molar-refractivity contribution in [3.05, 3.63) is 64.7 Å². The van der Waals surface area contributed by atoms with Gasteiger partial charge in [-0.25, -0.2) is 0 Å². The van der Waals surface area contributed by atoms with Crippen molar-refractivity contribution in [1.29, 1.82) is 5.26 Å². The minimum absolute atomic E-state index is 0.270. The number of nitriles is 1. The predicted octanol–water partition coefficient (Wildman–Crippen LogP) is 3.07. The number of carbonyl (C=O) groups is 1. The summed E-state index contributed by atoms with van der Waals surface area (Å²) < 4.78 is 0. The summed E-state index contributed by atoms with van der Waals surface area (Å²) >= 11 is 0. The first-order chi connectivity index (χ1) is 9.59. The summed E-state index contributed by atoms with van der Waals surface area (Å²) in [5.41, 5.74) is 3.05. The molecule has 0 unspecified atom stereocenters. The molecular weight excluding hydrogens is 248 g/mol. The summed E-state index contributed by atoms with van der Waals surface area (Å²) in [6.45, 7) is 3.94. The van der Waals surface area contributed by atoms with Crippen LogP contribution in [0.4, 0.5) is 5.69 Å². The van der Waals surface area contributed by atoms with Crippen molar-refractivity contribution in [3.8, 4) is 6.07 Å². The third-order valence-electron chi connectivity index (χ3n) is 3.87. The van der Waals surface area contributed by atoms with Crippen molar-refractivity contribution in [2.75, 3.05) is 5.32 Å². The van der Waals surface area contributed by atoms with E-state index in [4.69, 9.17) is 0 Å². The van der Waals surface area contributed by atoms with Gasteiger partial charge in [0.05, 0.1) is 6.07 Å². The maximum atomic E-state index is 12.5. The maximum absolute atomic E-state index is 12.5. The van der Waals surface area contributed by atoms with Crippen molar-refractivity contribution in [2.45, 2.75) is 19.3 Å². The summed E-state index contributed by atoms with van der Waals surface area (Å²) in [4.78, 5) is 12.5. The highest BCUT2D eigenvalue weighted by atomic mass is 16.2. The van der Waals surface area contributed by atoms with Crippen molar-refractivity contribution >= 4 is 11.6 Å². The Hall–Kier alpha value is -2.60. The highest BCUT2D eigenvalue weighted by Crippen LogP contribution is 2.43. The number of amides is 1. The number of nitrogens with zero attached hydrogens (tertiary/aromatic N) is 1. The maximum Gasteiger partial charge on any atom is 0.254 e. The fourth-order valence-electron chi connectivity index (χ4n) is 2.93. The van der Waals surface area contributed by atoms with Crippen molar-refractivity contribution in [2.24, 2.45) is 0 Å². The molecule has 0 radical (unpaired) electrons. The van der Waals surface area contributed by atoms with Crippen molar-refractivity contribution < 1.29 is 4.79 Å². The molecule has 20 heavy (non-hydrogen) atoms. The lowest BCUT2D eigenvalue weighted by Gasteiger charge is -2.22. The average molecular weight is 262 g/mol. The number of para-hydroxylation sites is 1. The van der Waals surface area contributed by atoms with Crippen molar-refractivity contribution in [1.82, 2.24) is 0 Å². The van der Waals surface area contributed by atoms with E-state index in [1.54, 1.807) is 0 Å². The Morgan fingerprint density at radius 1 is 1.10 bits per heavy atom. The van der Waals surface area contributed by atoms with E-state index in [2.05, 4.69) is 11.4 Å². The van der Waals surface area contributed by atoms with Crippen LogP contribution < -0.4 is 5.32 Å². The summed E-state index contributed by atoms with van der Waals surface area (Å²) in [7, 11) is 0. The summed E-state index contributed by atoms with van der Waals surface area (Å²) in [5, 5.41) is 12.6. The number of rotatable bonds is 1. The van der Waals surface area contributed by atoms with Gasteiger partial charge in [-0.2, -0.15) is 5.26 Å². The third kappa shape index (κ3) is 1.48. The van der Waals surface area contributed by atoms with Gasteiger partial charge in [-0.3, -0.25) is 4.79 Å². The van der Waals surface area contributed by atoms with E-state index in [1.807, 2.05) is 56.3 Å². The van der Waals surface area contributed by atoms with E-state index in [0.717, 1.165) is 27.9 Å². The molecule has 98 valence electrons. The molecule has 3 rings (SSSR count). The topological polar surface area (TPSA) is 52.9 Å². The van der Waals surface area contributed by atoms with Crippen LogP contribution in [-0.4, -0.2) is 5.91 Å². The van der Waals surface area contributed by atoms with Gasteiger partial charge < -0.3 is 5.32 Å². The van der Waals surface area contributed by atoms with Crippen molar-refractivity contribution in [3.63, 3.8) is 0 Å². The quantitative estimate of drug-likeness (QED) is 0.858. The predicted molar refractivity (Wildman–Crippen MR) is 77.4 cm³/mol. The monoisotopic (exact) mass is 262 g/mol. The molecule has 1 aliphatic rings. The molecule has 1 atom stereocenters. The Morgan fingerprint density at radius 3 is 2.55 bits per heavy atom. The smallest absolute Gasteiger partial charge is 0.254 e. The van der Waals surface area contributed by atoms with Crippen LogP contribution in [0.2, 0.25) is 0 Å². The van der Waals surface area contributed by atoms with Crippen LogP contribution in [0.1, 0.15) is 22.3 Å². The fraction of sp³-hybridized carbons (Fsp3) is 0.176. The molecule has 0 aliphatic carbocycles. The van der Waals surface area contributed by atoms with Crippen LogP contribution >= 0.6 is 0 Å². The van der Waals surface area contributed by atoms with E-state index < -0.39 is 5.41 Å². The number of aryl methyl sites for hydroxylation is 2. The molecule has 0 bridgehead atoms. The highest BCUT2D eigenvalue weighted by Gasteiger charge is 2.49. The average Bonchev–Trinajstić information content (AvgIpc) is 2.71. The number of hydrogen-bond donors (Lipinski definition) is 1. The van der Waals surface area contributed by atoms with E-state index in [9.17, 15) is 10.1 Å². The number of carbonyl (C=O) groups excluding carboxylic acids is 1. The molecule has 0 aromatic heterocycles. The lowest BCUT2D eigenvalue weighted by Crippen LogP contribution is -2.34. The fourth-order valence-corrected chi connectivity index (χ4v) is 2.93.